The highest BCUT2D eigenvalue weighted by atomic mass is 15.0. The lowest BCUT2D eigenvalue weighted by Crippen LogP contribution is -2.92. The zero-order chi connectivity index (χ0) is 14.4. The van der Waals surface area contributed by atoms with Gasteiger partial charge in [-0.15, -0.1) is 0 Å². The maximum Gasteiger partial charge on any atom is 0.109 e. The number of quaternary nitrogens is 1. The van der Waals surface area contributed by atoms with Crippen LogP contribution in [0.4, 0.5) is 0 Å². The molecule has 0 radical (unpaired) electrons. The Morgan fingerprint density at radius 1 is 0.857 bits per heavy atom. The van der Waals surface area contributed by atoms with E-state index >= 15 is 0 Å². The summed E-state index contributed by atoms with van der Waals surface area (Å²) in [7, 11) is 0. The largest absolute Gasteiger partial charge is 0.338 e. The molecule has 0 spiro atoms. The number of rotatable bonds is 4. The second-order valence-electron chi connectivity index (χ2n) is 8.26. The van der Waals surface area contributed by atoms with E-state index in [4.69, 9.17) is 0 Å². The van der Waals surface area contributed by atoms with E-state index in [9.17, 15) is 0 Å². The molecule has 4 aliphatic carbocycles. The molecule has 5 rings (SSSR count). The zero-order valence-electron chi connectivity index (χ0n) is 13.5. The maximum absolute atomic E-state index is 2.66. The van der Waals surface area contributed by atoms with Crippen molar-refractivity contribution in [2.24, 2.45) is 29.6 Å². The number of nitrogens with two attached hydrogens (primary N) is 1. The van der Waals surface area contributed by atoms with Crippen LogP contribution in [0.3, 0.4) is 0 Å². The molecule has 0 aliphatic heterocycles. The number of hydrogen-bond acceptors (Lipinski definition) is 0. The molecule has 0 aromatic heterocycles. The van der Waals surface area contributed by atoms with Crippen molar-refractivity contribution in [2.75, 3.05) is 0 Å². The Morgan fingerprint density at radius 2 is 1.43 bits per heavy atom. The molecular formula is C20H30N+. The van der Waals surface area contributed by atoms with Crippen LogP contribution < -0.4 is 5.32 Å². The van der Waals surface area contributed by atoms with Crippen molar-refractivity contribution in [3.05, 3.63) is 35.9 Å². The standard InChI is InChI=1S/C20H29N/c1-13(17-6-4-3-5-7-17)21-14(2)20-18-9-15-8-16(11-18)12-19(20)10-15/h3-7,13-16,18-21H,8-12H2,1-2H3/p+1/t13-,14+,15?,16?,18?,19?,20?/m0/s1. The van der Waals surface area contributed by atoms with Gasteiger partial charge in [0.15, 0.2) is 0 Å². The third kappa shape index (κ3) is 2.54. The minimum atomic E-state index is 0.596. The van der Waals surface area contributed by atoms with Crippen molar-refractivity contribution >= 4 is 0 Å². The van der Waals surface area contributed by atoms with E-state index in [2.05, 4.69) is 49.5 Å². The Kier molecular flexibility index (Phi) is 3.57. The Balaban J connectivity index is 1.44. The summed E-state index contributed by atoms with van der Waals surface area (Å²) in [6.07, 6.45) is 7.77. The normalized spacial score (nSPS) is 40.2. The Bertz CT molecular complexity index is 452. The van der Waals surface area contributed by atoms with Crippen LogP contribution in [0.2, 0.25) is 0 Å². The fourth-order valence-corrected chi connectivity index (χ4v) is 6.28. The number of hydrogen-bond donors (Lipinski definition) is 1. The first-order valence-corrected chi connectivity index (χ1v) is 9.10. The van der Waals surface area contributed by atoms with Gasteiger partial charge in [-0.3, -0.25) is 0 Å². The molecule has 1 aromatic rings. The second-order valence-corrected chi connectivity index (χ2v) is 8.26. The van der Waals surface area contributed by atoms with Gasteiger partial charge in [0.1, 0.15) is 6.04 Å². The number of benzene rings is 1. The van der Waals surface area contributed by atoms with Gasteiger partial charge in [-0.1, -0.05) is 30.3 Å². The average molecular weight is 284 g/mol. The molecule has 0 heterocycles. The Hall–Kier alpha value is -0.820. The van der Waals surface area contributed by atoms with Gasteiger partial charge in [0.05, 0.1) is 6.04 Å². The van der Waals surface area contributed by atoms with Crippen molar-refractivity contribution in [2.45, 2.75) is 58.0 Å². The van der Waals surface area contributed by atoms with E-state index in [0.717, 1.165) is 35.6 Å². The predicted octanol–water partition coefficient (Wildman–Crippen LogP) is 3.77. The molecule has 2 atom stereocenters. The molecule has 4 bridgehead atoms. The van der Waals surface area contributed by atoms with E-state index in [1.54, 1.807) is 32.1 Å². The summed E-state index contributed by atoms with van der Waals surface area (Å²) in [6, 6.07) is 12.4. The van der Waals surface area contributed by atoms with Crippen LogP contribution in [-0.4, -0.2) is 6.04 Å². The van der Waals surface area contributed by atoms with E-state index in [1.807, 2.05) is 0 Å². The van der Waals surface area contributed by atoms with Crippen LogP contribution in [0.25, 0.3) is 0 Å². The Labute approximate surface area is 129 Å². The summed E-state index contributed by atoms with van der Waals surface area (Å²) in [6.45, 7) is 4.88. The Morgan fingerprint density at radius 3 is 2.00 bits per heavy atom. The monoisotopic (exact) mass is 284 g/mol. The summed E-state index contributed by atoms with van der Waals surface area (Å²) in [5.41, 5.74) is 1.48. The highest BCUT2D eigenvalue weighted by Gasteiger charge is 2.50. The van der Waals surface area contributed by atoms with Gasteiger partial charge in [0.2, 0.25) is 0 Å². The molecule has 4 saturated carbocycles. The first kappa shape index (κ1) is 13.8. The predicted molar refractivity (Wildman–Crippen MR) is 86.8 cm³/mol. The van der Waals surface area contributed by atoms with Gasteiger partial charge in [-0.05, 0) is 69.6 Å². The molecule has 0 unspecified atom stereocenters. The van der Waals surface area contributed by atoms with E-state index < -0.39 is 0 Å². The van der Waals surface area contributed by atoms with Crippen molar-refractivity contribution in [3.63, 3.8) is 0 Å². The summed E-state index contributed by atoms with van der Waals surface area (Å²) < 4.78 is 0. The zero-order valence-corrected chi connectivity index (χ0v) is 13.5. The smallest absolute Gasteiger partial charge is 0.109 e. The molecule has 0 saturated heterocycles. The van der Waals surface area contributed by atoms with E-state index in [0.29, 0.717) is 6.04 Å². The van der Waals surface area contributed by atoms with Crippen molar-refractivity contribution < 1.29 is 5.32 Å². The quantitative estimate of drug-likeness (QED) is 0.867. The van der Waals surface area contributed by atoms with Crippen molar-refractivity contribution in [1.82, 2.24) is 0 Å². The van der Waals surface area contributed by atoms with Gasteiger partial charge < -0.3 is 5.32 Å². The summed E-state index contributed by atoms with van der Waals surface area (Å²) in [5, 5.41) is 2.66. The van der Waals surface area contributed by atoms with Gasteiger partial charge in [0.25, 0.3) is 0 Å². The van der Waals surface area contributed by atoms with Crippen molar-refractivity contribution in [1.29, 1.82) is 0 Å². The average Bonchev–Trinajstić information content (AvgIpc) is 2.47. The molecule has 1 heteroatoms. The third-order valence-electron chi connectivity index (χ3n) is 6.82. The summed E-state index contributed by atoms with van der Waals surface area (Å²) >= 11 is 0. The van der Waals surface area contributed by atoms with Crippen LogP contribution in [0.5, 0.6) is 0 Å². The lowest BCUT2D eigenvalue weighted by atomic mass is 9.50. The van der Waals surface area contributed by atoms with Crippen LogP contribution in [0.15, 0.2) is 30.3 Å². The highest BCUT2D eigenvalue weighted by molar-refractivity contribution is 5.16. The summed E-state index contributed by atoms with van der Waals surface area (Å²) in [4.78, 5) is 0. The third-order valence-corrected chi connectivity index (χ3v) is 6.82. The van der Waals surface area contributed by atoms with Crippen LogP contribution in [0, 0.1) is 29.6 Å². The fraction of sp³-hybridized carbons (Fsp3) is 0.700. The van der Waals surface area contributed by atoms with Crippen LogP contribution in [0.1, 0.15) is 57.6 Å². The molecule has 1 aromatic carbocycles. The molecule has 114 valence electrons. The highest BCUT2D eigenvalue weighted by Crippen LogP contribution is 2.57. The fourth-order valence-electron chi connectivity index (χ4n) is 6.28. The SMILES string of the molecule is C[C@H]([NH2+][C@H](C)C1C2CC3CC(C2)CC1C3)c1ccccc1. The molecule has 0 amide bonds. The lowest BCUT2D eigenvalue weighted by Gasteiger charge is -2.55. The van der Waals surface area contributed by atoms with Gasteiger partial charge in [-0.2, -0.15) is 0 Å². The van der Waals surface area contributed by atoms with E-state index in [1.165, 1.54) is 5.56 Å². The molecule has 2 N–H and O–H groups in total. The molecule has 1 nitrogen and oxygen atoms in total. The van der Waals surface area contributed by atoms with E-state index in [-0.39, 0.29) is 0 Å². The first-order chi connectivity index (χ1) is 10.2. The lowest BCUT2D eigenvalue weighted by molar-refractivity contribution is -0.731. The molecular weight excluding hydrogens is 254 g/mol. The van der Waals surface area contributed by atoms with Gasteiger partial charge in [0, 0.05) is 11.5 Å². The molecule has 21 heavy (non-hydrogen) atoms. The minimum Gasteiger partial charge on any atom is -0.338 e. The summed E-state index contributed by atoms with van der Waals surface area (Å²) in [5.74, 6) is 5.29. The molecule has 4 aliphatic rings. The van der Waals surface area contributed by atoms with Crippen LogP contribution in [-0.2, 0) is 0 Å². The van der Waals surface area contributed by atoms with Gasteiger partial charge in [-0.25, -0.2) is 0 Å². The topological polar surface area (TPSA) is 16.6 Å². The minimum absolute atomic E-state index is 0.596. The van der Waals surface area contributed by atoms with Crippen LogP contribution >= 0.6 is 0 Å². The van der Waals surface area contributed by atoms with Gasteiger partial charge >= 0.3 is 0 Å². The molecule has 4 fully saturated rings. The first-order valence-electron chi connectivity index (χ1n) is 9.10. The maximum atomic E-state index is 2.66. The second kappa shape index (κ2) is 5.43. The van der Waals surface area contributed by atoms with Crippen molar-refractivity contribution in [3.8, 4) is 0 Å².